The number of alkyl halides is 3. The fraction of sp³-hybridized carbons (Fsp3) is 0.925. The molecule has 0 atom stereocenters. The third-order valence-electron chi connectivity index (χ3n) is 9.51. The van der Waals surface area contributed by atoms with Gasteiger partial charge >= 0.3 is 18.2 Å². The summed E-state index contributed by atoms with van der Waals surface area (Å²) in [5.41, 5.74) is 5.97. The Morgan fingerprint density at radius 2 is 0.941 bits per heavy atom. The van der Waals surface area contributed by atoms with Gasteiger partial charge in [0.1, 0.15) is 0 Å². The van der Waals surface area contributed by atoms with Crippen LogP contribution in [0.4, 0.5) is 18.0 Å². The quantitative estimate of drug-likeness (QED) is 0.0362. The van der Waals surface area contributed by atoms with Gasteiger partial charge in [-0.2, -0.15) is 13.2 Å². The molecule has 0 aromatic rings. The maximum Gasteiger partial charge on any atom is 0.490 e. The summed E-state index contributed by atoms with van der Waals surface area (Å²) in [6.07, 6.45) is 27.8. The highest BCUT2D eigenvalue weighted by atomic mass is 19.4. The second-order valence-electron chi connectivity index (χ2n) is 14.6. The minimum Gasteiger partial charge on any atom is -0.475 e. The minimum atomic E-state index is -5.08. The van der Waals surface area contributed by atoms with Crippen molar-refractivity contribution in [1.82, 2.24) is 15.1 Å². The van der Waals surface area contributed by atoms with Crippen molar-refractivity contribution < 1.29 is 27.9 Å². The van der Waals surface area contributed by atoms with E-state index in [1.165, 1.54) is 135 Å². The van der Waals surface area contributed by atoms with E-state index in [1.807, 2.05) is 0 Å². The summed E-state index contributed by atoms with van der Waals surface area (Å²) in [5, 5.41) is 10.4. The zero-order valence-corrected chi connectivity index (χ0v) is 33.0. The van der Waals surface area contributed by atoms with Gasteiger partial charge in [0.15, 0.2) is 5.96 Å². The van der Waals surface area contributed by atoms with Gasteiger partial charge in [0, 0.05) is 39.3 Å². The highest BCUT2D eigenvalue weighted by molar-refractivity contribution is 5.77. The number of guanidine groups is 1. The SMILES string of the molecule is CCCCCCCCN(CCCCCCCC)C(=O)N(CCCCCCCC)CCCCCCCCNC(N)=NCC1CC1.O=C(O)C(F)(F)F. The number of amides is 2. The first-order valence-corrected chi connectivity index (χ1v) is 20.9. The van der Waals surface area contributed by atoms with Crippen LogP contribution in [-0.4, -0.2) is 78.3 Å². The molecule has 1 aliphatic rings. The first-order chi connectivity index (χ1) is 24.6. The standard InChI is InChI=1S/C38H77N5O.C2HF3O2/c1-4-7-10-13-19-24-31-42(32-25-20-14-11-8-5-2)38(44)43(33-26-21-15-12-9-6-3)34-27-22-17-16-18-23-30-40-37(39)41-35-36-28-29-36;3-2(4,5)1(6)7/h36H,4-35H2,1-3H3,(H3,39,40,41);(H,6,7). The summed E-state index contributed by atoms with van der Waals surface area (Å²) >= 11 is 0. The van der Waals surface area contributed by atoms with Gasteiger partial charge in [0.25, 0.3) is 0 Å². The average Bonchev–Trinajstić information content (AvgIpc) is 3.93. The third kappa shape index (κ3) is 32.2. The molecule has 0 aromatic carbocycles. The number of nitrogens with zero attached hydrogens (tertiary/aromatic N) is 3. The summed E-state index contributed by atoms with van der Waals surface area (Å²) in [4.78, 5) is 31.8. The van der Waals surface area contributed by atoms with E-state index in [1.54, 1.807) is 0 Å². The number of carboxylic acid groups (broad SMARTS) is 1. The van der Waals surface area contributed by atoms with Crippen LogP contribution < -0.4 is 11.1 Å². The van der Waals surface area contributed by atoms with Crippen molar-refractivity contribution in [2.24, 2.45) is 16.6 Å². The van der Waals surface area contributed by atoms with Crippen molar-refractivity contribution in [1.29, 1.82) is 0 Å². The number of aliphatic imine (C=N–C) groups is 1. The molecule has 51 heavy (non-hydrogen) atoms. The fourth-order valence-electron chi connectivity index (χ4n) is 5.99. The van der Waals surface area contributed by atoms with E-state index < -0.39 is 12.1 Å². The second-order valence-corrected chi connectivity index (χ2v) is 14.6. The molecule has 0 aromatic heterocycles. The van der Waals surface area contributed by atoms with Crippen LogP contribution in [-0.2, 0) is 4.79 Å². The normalized spacial score (nSPS) is 13.1. The van der Waals surface area contributed by atoms with Crippen LogP contribution in [0.15, 0.2) is 4.99 Å². The maximum atomic E-state index is 13.9. The van der Waals surface area contributed by atoms with Crippen molar-refractivity contribution in [3.05, 3.63) is 0 Å². The number of nitrogens with two attached hydrogens (primary N) is 1. The predicted octanol–water partition coefficient (Wildman–Crippen LogP) is 11.1. The van der Waals surface area contributed by atoms with Crippen LogP contribution in [0.3, 0.4) is 0 Å². The number of carbonyl (C=O) groups excluding carboxylic acids is 1. The van der Waals surface area contributed by atoms with Gasteiger partial charge in [0.05, 0.1) is 0 Å². The summed E-state index contributed by atoms with van der Waals surface area (Å²) in [6.45, 7) is 12.4. The molecule has 8 nitrogen and oxygen atoms in total. The Kier molecular flexibility index (Phi) is 32.2. The Morgan fingerprint density at radius 1 is 0.627 bits per heavy atom. The van der Waals surface area contributed by atoms with E-state index in [0.717, 1.165) is 77.3 Å². The third-order valence-corrected chi connectivity index (χ3v) is 9.51. The first-order valence-electron chi connectivity index (χ1n) is 20.9. The lowest BCUT2D eigenvalue weighted by molar-refractivity contribution is -0.192. The number of halogens is 3. The highest BCUT2D eigenvalue weighted by Gasteiger charge is 2.38. The lowest BCUT2D eigenvalue weighted by Gasteiger charge is -2.31. The van der Waals surface area contributed by atoms with E-state index in [-0.39, 0.29) is 0 Å². The maximum absolute atomic E-state index is 13.9. The van der Waals surface area contributed by atoms with E-state index >= 15 is 0 Å². The largest absolute Gasteiger partial charge is 0.490 e. The Balaban J connectivity index is 0.00000321. The van der Waals surface area contributed by atoms with E-state index in [0.29, 0.717) is 12.0 Å². The number of aliphatic carboxylic acids is 1. The Bertz CT molecular complexity index is 840. The van der Waals surface area contributed by atoms with Crippen molar-refractivity contribution in [2.75, 3.05) is 39.3 Å². The molecule has 1 saturated carbocycles. The lowest BCUT2D eigenvalue weighted by Crippen LogP contribution is -2.45. The summed E-state index contributed by atoms with van der Waals surface area (Å²) < 4.78 is 31.7. The summed E-state index contributed by atoms with van der Waals surface area (Å²) in [5.74, 6) is -1.35. The molecule has 0 spiro atoms. The van der Waals surface area contributed by atoms with Gasteiger partial charge in [-0.05, 0) is 50.9 Å². The van der Waals surface area contributed by atoms with E-state index in [2.05, 4.69) is 40.9 Å². The van der Waals surface area contributed by atoms with Gasteiger partial charge in [-0.3, -0.25) is 4.99 Å². The van der Waals surface area contributed by atoms with Gasteiger partial charge < -0.3 is 26.0 Å². The topological polar surface area (TPSA) is 111 Å². The number of hydrogen-bond acceptors (Lipinski definition) is 3. The molecule has 1 rings (SSSR count). The van der Waals surface area contributed by atoms with Crippen LogP contribution >= 0.6 is 0 Å². The number of rotatable bonds is 32. The predicted molar refractivity (Wildman–Crippen MR) is 207 cm³/mol. The van der Waals surface area contributed by atoms with Crippen LogP contribution in [0.25, 0.3) is 0 Å². The van der Waals surface area contributed by atoms with Crippen LogP contribution in [0.1, 0.15) is 188 Å². The first kappa shape index (κ1) is 48.8. The molecular formula is C40H78F3N5O3. The second kappa shape index (κ2) is 33.6. The number of unbranched alkanes of at least 4 members (excludes halogenated alkanes) is 20. The van der Waals surface area contributed by atoms with E-state index in [9.17, 15) is 18.0 Å². The molecule has 2 amide bonds. The Labute approximate surface area is 310 Å². The van der Waals surface area contributed by atoms with Crippen LogP contribution in [0, 0.1) is 5.92 Å². The molecule has 1 aliphatic carbocycles. The monoisotopic (exact) mass is 734 g/mol. The zero-order valence-electron chi connectivity index (χ0n) is 33.0. The number of nitrogens with one attached hydrogen (secondary N) is 1. The van der Waals surface area contributed by atoms with Crippen molar-refractivity contribution in [2.45, 2.75) is 194 Å². The fourth-order valence-corrected chi connectivity index (χ4v) is 5.99. The molecule has 302 valence electrons. The van der Waals surface area contributed by atoms with E-state index in [4.69, 9.17) is 15.6 Å². The Hall–Kier alpha value is -2.20. The average molecular weight is 734 g/mol. The van der Waals surface area contributed by atoms with Gasteiger partial charge in [-0.25, -0.2) is 9.59 Å². The van der Waals surface area contributed by atoms with Crippen molar-refractivity contribution in [3.63, 3.8) is 0 Å². The van der Waals surface area contributed by atoms with Crippen molar-refractivity contribution in [3.8, 4) is 0 Å². The molecule has 0 aliphatic heterocycles. The number of carboxylic acids is 1. The number of carbonyl (C=O) groups is 2. The van der Waals surface area contributed by atoms with Gasteiger partial charge in [-0.15, -0.1) is 0 Å². The molecule has 0 saturated heterocycles. The summed E-state index contributed by atoms with van der Waals surface area (Å²) in [6, 6.07) is 0.327. The molecule has 0 heterocycles. The van der Waals surface area contributed by atoms with Crippen LogP contribution in [0.2, 0.25) is 0 Å². The smallest absolute Gasteiger partial charge is 0.475 e. The lowest BCUT2D eigenvalue weighted by atomic mass is 10.1. The zero-order chi connectivity index (χ0) is 38.0. The van der Waals surface area contributed by atoms with Crippen molar-refractivity contribution >= 4 is 18.0 Å². The van der Waals surface area contributed by atoms with Crippen LogP contribution in [0.5, 0.6) is 0 Å². The molecule has 0 radical (unpaired) electrons. The molecular weight excluding hydrogens is 655 g/mol. The molecule has 4 N–H and O–H groups in total. The number of hydrogen-bond donors (Lipinski definition) is 3. The molecule has 11 heteroatoms. The van der Waals surface area contributed by atoms with Gasteiger partial charge in [-0.1, -0.05) is 143 Å². The highest BCUT2D eigenvalue weighted by Crippen LogP contribution is 2.28. The van der Waals surface area contributed by atoms with Gasteiger partial charge in [0.2, 0.25) is 0 Å². The summed E-state index contributed by atoms with van der Waals surface area (Å²) in [7, 11) is 0. The molecule has 0 bridgehead atoms. The number of urea groups is 1. The Morgan fingerprint density at radius 3 is 1.25 bits per heavy atom. The molecule has 1 fully saturated rings. The minimum absolute atomic E-state index is 0.327. The molecule has 0 unspecified atom stereocenters.